The molecule has 0 spiro atoms. The Bertz CT molecular complexity index is 606. The number of hydrogen-bond acceptors (Lipinski definition) is 4. The van der Waals surface area contributed by atoms with Gasteiger partial charge in [0.15, 0.2) is 0 Å². The highest BCUT2D eigenvalue weighted by Crippen LogP contribution is 2.33. The number of nitrogens with zero attached hydrogens (tertiary/aromatic N) is 2. The lowest BCUT2D eigenvalue weighted by atomic mass is 9.92. The highest BCUT2D eigenvalue weighted by atomic mass is 16.5. The lowest BCUT2D eigenvalue weighted by molar-refractivity contribution is 0.362. The number of rotatable bonds is 6. The van der Waals surface area contributed by atoms with Gasteiger partial charge in [-0.1, -0.05) is 93.4 Å². The molecule has 0 aromatic carbocycles. The molecule has 4 heteroatoms. The topological polar surface area (TPSA) is 52.1 Å². The van der Waals surface area contributed by atoms with Crippen LogP contribution in [0, 0.1) is 0 Å². The summed E-state index contributed by atoms with van der Waals surface area (Å²) in [6.45, 7) is 26.0. The summed E-state index contributed by atoms with van der Waals surface area (Å²) in [7, 11) is 0. The fourth-order valence-corrected chi connectivity index (χ4v) is 3.47. The van der Waals surface area contributed by atoms with Gasteiger partial charge in [0, 0.05) is 23.0 Å². The Labute approximate surface area is 172 Å². The van der Waals surface area contributed by atoms with Crippen LogP contribution in [0.25, 0.3) is 0 Å². The van der Waals surface area contributed by atoms with Crippen molar-refractivity contribution in [3.63, 3.8) is 0 Å². The molecule has 4 nitrogen and oxygen atoms in total. The summed E-state index contributed by atoms with van der Waals surface area (Å²) < 4.78 is 10.9. The molecule has 0 aliphatic carbocycles. The van der Waals surface area contributed by atoms with Gasteiger partial charge in [0.05, 0.1) is 11.4 Å². The molecule has 0 unspecified atom stereocenters. The molecule has 0 atom stereocenters. The maximum Gasteiger partial charge on any atom is 0.142 e. The molecule has 0 aliphatic heterocycles. The van der Waals surface area contributed by atoms with Gasteiger partial charge in [0.1, 0.15) is 11.5 Å². The molecule has 2 aromatic rings. The molecule has 2 heterocycles. The van der Waals surface area contributed by atoms with E-state index in [1.165, 1.54) is 11.1 Å². The molecular formula is C24H42N2O2. The lowest BCUT2D eigenvalue weighted by Crippen LogP contribution is -2.00. The summed E-state index contributed by atoms with van der Waals surface area (Å²) in [5.74, 6) is 4.85. The minimum absolute atomic E-state index is 0.424. The van der Waals surface area contributed by atoms with Gasteiger partial charge in [-0.25, -0.2) is 0 Å². The second-order valence-corrected chi connectivity index (χ2v) is 9.62. The second-order valence-electron chi connectivity index (χ2n) is 9.62. The van der Waals surface area contributed by atoms with Crippen LogP contribution in [0.15, 0.2) is 9.05 Å². The Morgan fingerprint density at radius 1 is 0.429 bits per heavy atom. The zero-order valence-electron chi connectivity index (χ0n) is 20.2. The normalized spacial score (nSPS) is 12.1. The predicted molar refractivity (Wildman–Crippen MR) is 118 cm³/mol. The van der Waals surface area contributed by atoms with Crippen LogP contribution in [0.3, 0.4) is 0 Å². The second kappa shape index (κ2) is 10.3. The minimum Gasteiger partial charge on any atom is -0.361 e. The zero-order valence-corrected chi connectivity index (χ0v) is 20.2. The van der Waals surface area contributed by atoms with Gasteiger partial charge in [-0.2, -0.15) is 0 Å². The SMILES string of the molecule is CC(C)c1noc(C(C)C)c1C(C)C.CC(C)c1noc(C(C)C)c1C(C)C. The highest BCUT2D eigenvalue weighted by Gasteiger charge is 2.23. The maximum atomic E-state index is 5.43. The third-order valence-corrected chi connectivity index (χ3v) is 4.86. The third kappa shape index (κ3) is 5.71. The van der Waals surface area contributed by atoms with E-state index in [1.54, 1.807) is 0 Å². The van der Waals surface area contributed by atoms with Crippen LogP contribution in [0.4, 0.5) is 0 Å². The first kappa shape index (κ1) is 24.5. The minimum atomic E-state index is 0.424. The van der Waals surface area contributed by atoms with Gasteiger partial charge < -0.3 is 9.05 Å². The number of aromatic nitrogens is 2. The van der Waals surface area contributed by atoms with E-state index in [1.807, 2.05) is 0 Å². The molecule has 2 aromatic heterocycles. The van der Waals surface area contributed by atoms with Crippen molar-refractivity contribution >= 4 is 0 Å². The summed E-state index contributed by atoms with van der Waals surface area (Å²) >= 11 is 0. The Hall–Kier alpha value is -1.58. The first-order chi connectivity index (χ1) is 12.9. The quantitative estimate of drug-likeness (QED) is 0.500. The van der Waals surface area contributed by atoms with E-state index in [9.17, 15) is 0 Å². The van der Waals surface area contributed by atoms with Crippen LogP contribution in [0.1, 0.15) is 153 Å². The standard InChI is InChI=1S/2C12H21NO/c2*1-7(2)10-11(8(3)4)13-14-12(10)9(5)6/h2*7-9H,1-6H3. The van der Waals surface area contributed by atoms with Crippen LogP contribution >= 0.6 is 0 Å². The molecule has 2 rings (SSSR count). The summed E-state index contributed by atoms with van der Waals surface area (Å²) in [6.07, 6.45) is 0. The van der Waals surface area contributed by atoms with E-state index in [0.29, 0.717) is 35.5 Å². The van der Waals surface area contributed by atoms with Crippen molar-refractivity contribution in [1.82, 2.24) is 10.3 Å². The van der Waals surface area contributed by atoms with E-state index < -0.39 is 0 Å². The van der Waals surface area contributed by atoms with Crippen LogP contribution in [0.2, 0.25) is 0 Å². The van der Waals surface area contributed by atoms with Crippen molar-refractivity contribution in [3.8, 4) is 0 Å². The molecule has 0 aliphatic rings. The van der Waals surface area contributed by atoms with Crippen molar-refractivity contribution in [1.29, 1.82) is 0 Å². The van der Waals surface area contributed by atoms with Gasteiger partial charge in [0.2, 0.25) is 0 Å². The molecular weight excluding hydrogens is 348 g/mol. The Kier molecular flexibility index (Phi) is 8.97. The first-order valence-electron chi connectivity index (χ1n) is 10.9. The Morgan fingerprint density at radius 2 is 0.714 bits per heavy atom. The fourth-order valence-electron chi connectivity index (χ4n) is 3.47. The van der Waals surface area contributed by atoms with Crippen molar-refractivity contribution in [2.24, 2.45) is 0 Å². The van der Waals surface area contributed by atoms with E-state index in [0.717, 1.165) is 22.9 Å². The summed E-state index contributed by atoms with van der Waals surface area (Å²) in [6, 6.07) is 0. The zero-order chi connectivity index (χ0) is 21.8. The van der Waals surface area contributed by atoms with Gasteiger partial charge in [-0.3, -0.25) is 0 Å². The van der Waals surface area contributed by atoms with Gasteiger partial charge >= 0.3 is 0 Å². The van der Waals surface area contributed by atoms with E-state index >= 15 is 0 Å². The number of hydrogen-bond donors (Lipinski definition) is 0. The van der Waals surface area contributed by atoms with Crippen LogP contribution < -0.4 is 0 Å². The van der Waals surface area contributed by atoms with Gasteiger partial charge in [0.25, 0.3) is 0 Å². The van der Waals surface area contributed by atoms with Crippen molar-refractivity contribution in [2.45, 2.75) is 119 Å². The van der Waals surface area contributed by atoms with Crippen molar-refractivity contribution in [2.75, 3.05) is 0 Å². The third-order valence-electron chi connectivity index (χ3n) is 4.86. The first-order valence-corrected chi connectivity index (χ1v) is 10.9. The van der Waals surface area contributed by atoms with Crippen molar-refractivity contribution in [3.05, 3.63) is 34.0 Å². The van der Waals surface area contributed by atoms with E-state index in [4.69, 9.17) is 9.05 Å². The average molecular weight is 391 g/mol. The molecule has 0 saturated heterocycles. The highest BCUT2D eigenvalue weighted by molar-refractivity contribution is 5.31. The molecule has 0 bridgehead atoms. The molecule has 0 saturated carbocycles. The fraction of sp³-hybridized carbons (Fsp3) is 0.750. The lowest BCUT2D eigenvalue weighted by Gasteiger charge is -2.10. The Balaban J connectivity index is 0.000000280. The molecule has 0 N–H and O–H groups in total. The molecule has 0 amide bonds. The maximum absolute atomic E-state index is 5.43. The molecule has 0 fully saturated rings. The van der Waals surface area contributed by atoms with E-state index in [-0.39, 0.29) is 0 Å². The largest absolute Gasteiger partial charge is 0.361 e. The molecule has 160 valence electrons. The van der Waals surface area contributed by atoms with Crippen LogP contribution in [-0.2, 0) is 0 Å². The molecule has 28 heavy (non-hydrogen) atoms. The monoisotopic (exact) mass is 390 g/mol. The summed E-state index contributed by atoms with van der Waals surface area (Å²) in [5, 5.41) is 8.37. The summed E-state index contributed by atoms with van der Waals surface area (Å²) in [4.78, 5) is 0. The van der Waals surface area contributed by atoms with Gasteiger partial charge in [-0.05, 0) is 23.7 Å². The average Bonchev–Trinajstić information content (AvgIpc) is 3.20. The predicted octanol–water partition coefficient (Wildman–Crippen LogP) is 8.09. The summed E-state index contributed by atoms with van der Waals surface area (Å²) in [5.41, 5.74) is 4.89. The van der Waals surface area contributed by atoms with Crippen LogP contribution in [0.5, 0.6) is 0 Å². The van der Waals surface area contributed by atoms with E-state index in [2.05, 4.69) is 93.4 Å². The Morgan fingerprint density at radius 3 is 0.893 bits per heavy atom. The van der Waals surface area contributed by atoms with Crippen molar-refractivity contribution < 1.29 is 9.05 Å². The van der Waals surface area contributed by atoms with Crippen LogP contribution in [-0.4, -0.2) is 10.3 Å². The molecule has 0 radical (unpaired) electrons. The van der Waals surface area contributed by atoms with Gasteiger partial charge in [-0.15, -0.1) is 0 Å². The smallest absolute Gasteiger partial charge is 0.142 e.